The summed E-state index contributed by atoms with van der Waals surface area (Å²) in [7, 11) is 0. The van der Waals surface area contributed by atoms with E-state index in [1.807, 2.05) is 18.7 Å². The predicted octanol–water partition coefficient (Wildman–Crippen LogP) is 2.25. The largest absolute Gasteiger partial charge is 0.480 e. The summed E-state index contributed by atoms with van der Waals surface area (Å²) < 4.78 is 0. The number of rotatable bonds is 4. The molecule has 0 unspecified atom stereocenters. The zero-order chi connectivity index (χ0) is 16.5. The average molecular weight is 310 g/mol. The molecule has 1 aliphatic heterocycles. The van der Waals surface area contributed by atoms with Crippen LogP contribution in [0.15, 0.2) is 0 Å². The van der Waals surface area contributed by atoms with Crippen molar-refractivity contribution >= 4 is 11.9 Å². The number of carbonyl (C=O) groups is 2. The summed E-state index contributed by atoms with van der Waals surface area (Å²) in [5.74, 6) is -0.689. The van der Waals surface area contributed by atoms with Crippen LogP contribution >= 0.6 is 0 Å². The summed E-state index contributed by atoms with van der Waals surface area (Å²) in [6, 6.07) is -0.239. The molecule has 0 aromatic carbocycles. The van der Waals surface area contributed by atoms with Crippen LogP contribution in [-0.4, -0.2) is 46.6 Å². The Morgan fingerprint density at radius 2 is 1.77 bits per heavy atom. The molecule has 5 nitrogen and oxygen atoms in total. The second-order valence-electron chi connectivity index (χ2n) is 7.98. The molecule has 2 rings (SSSR count). The second kappa shape index (κ2) is 6.57. The van der Waals surface area contributed by atoms with Crippen LogP contribution in [0.2, 0.25) is 0 Å². The number of nitrogens with one attached hydrogen (secondary N) is 1. The smallest absolute Gasteiger partial charge is 0.320 e. The monoisotopic (exact) mass is 310 g/mol. The fourth-order valence-electron chi connectivity index (χ4n) is 3.74. The van der Waals surface area contributed by atoms with Crippen LogP contribution in [-0.2, 0) is 9.59 Å². The first-order valence-electron chi connectivity index (χ1n) is 8.49. The third kappa shape index (κ3) is 3.80. The van der Waals surface area contributed by atoms with Gasteiger partial charge in [0.05, 0.1) is 0 Å². The van der Waals surface area contributed by atoms with Gasteiger partial charge in [0, 0.05) is 24.5 Å². The Morgan fingerprint density at radius 1 is 1.18 bits per heavy atom. The molecule has 0 aromatic heterocycles. The number of hydrogen-bond donors (Lipinski definition) is 2. The van der Waals surface area contributed by atoms with Crippen LogP contribution in [0.5, 0.6) is 0 Å². The van der Waals surface area contributed by atoms with E-state index in [4.69, 9.17) is 0 Å². The molecule has 2 N–H and O–H groups in total. The zero-order valence-corrected chi connectivity index (χ0v) is 14.3. The molecule has 0 spiro atoms. The lowest BCUT2D eigenvalue weighted by atomic mass is 9.75. The van der Waals surface area contributed by atoms with E-state index in [9.17, 15) is 14.7 Å². The third-order valence-corrected chi connectivity index (χ3v) is 5.25. The molecule has 2 aliphatic rings. The van der Waals surface area contributed by atoms with Gasteiger partial charge in [-0.25, -0.2) is 0 Å². The highest BCUT2D eigenvalue weighted by Crippen LogP contribution is 2.38. The van der Waals surface area contributed by atoms with Crippen LogP contribution in [0.1, 0.15) is 59.8 Å². The maximum Gasteiger partial charge on any atom is 0.320 e. The highest BCUT2D eigenvalue weighted by Gasteiger charge is 2.40. The van der Waals surface area contributed by atoms with Gasteiger partial charge in [0.2, 0.25) is 5.91 Å². The Balaban J connectivity index is 2.11. The van der Waals surface area contributed by atoms with E-state index in [2.05, 4.69) is 19.2 Å². The molecule has 126 valence electrons. The van der Waals surface area contributed by atoms with Crippen LogP contribution in [0.25, 0.3) is 0 Å². The fourth-order valence-corrected chi connectivity index (χ4v) is 3.74. The van der Waals surface area contributed by atoms with E-state index >= 15 is 0 Å². The molecule has 1 amide bonds. The topological polar surface area (TPSA) is 69.6 Å². The van der Waals surface area contributed by atoms with Crippen molar-refractivity contribution in [1.82, 2.24) is 10.2 Å². The number of aliphatic carboxylic acids is 1. The van der Waals surface area contributed by atoms with E-state index in [0.717, 1.165) is 25.7 Å². The van der Waals surface area contributed by atoms with Crippen molar-refractivity contribution in [2.75, 3.05) is 6.54 Å². The molecule has 1 aliphatic carbocycles. The number of hydrogen-bond acceptors (Lipinski definition) is 3. The molecule has 0 aromatic rings. The van der Waals surface area contributed by atoms with Gasteiger partial charge in [-0.15, -0.1) is 0 Å². The minimum atomic E-state index is -0.816. The van der Waals surface area contributed by atoms with Gasteiger partial charge >= 0.3 is 5.97 Å². The van der Waals surface area contributed by atoms with Crippen molar-refractivity contribution in [2.24, 2.45) is 11.3 Å². The lowest BCUT2D eigenvalue weighted by molar-refractivity contribution is -0.142. The minimum Gasteiger partial charge on any atom is -0.480 e. The second-order valence-corrected chi connectivity index (χ2v) is 7.98. The lowest BCUT2D eigenvalue weighted by Gasteiger charge is -2.43. The van der Waals surface area contributed by atoms with Gasteiger partial charge in [0.25, 0.3) is 0 Å². The van der Waals surface area contributed by atoms with Crippen LogP contribution < -0.4 is 5.32 Å². The van der Waals surface area contributed by atoms with Crippen molar-refractivity contribution in [3.8, 4) is 0 Å². The maximum absolute atomic E-state index is 12.7. The summed E-state index contributed by atoms with van der Waals surface area (Å²) in [6.45, 7) is 9.03. The van der Waals surface area contributed by atoms with Crippen molar-refractivity contribution in [1.29, 1.82) is 0 Å². The molecule has 0 bridgehead atoms. The summed E-state index contributed by atoms with van der Waals surface area (Å²) >= 11 is 0. The summed E-state index contributed by atoms with van der Waals surface area (Å²) in [4.78, 5) is 25.9. The number of carboxylic acids is 1. The first-order valence-corrected chi connectivity index (χ1v) is 8.49. The molecule has 1 saturated carbocycles. The van der Waals surface area contributed by atoms with E-state index in [-0.39, 0.29) is 23.9 Å². The van der Waals surface area contributed by atoms with Gasteiger partial charge < -0.3 is 15.3 Å². The highest BCUT2D eigenvalue weighted by atomic mass is 16.4. The van der Waals surface area contributed by atoms with Crippen LogP contribution in [0, 0.1) is 11.3 Å². The molecule has 1 saturated heterocycles. The zero-order valence-electron chi connectivity index (χ0n) is 14.3. The number of amides is 1. The standard InChI is InChI=1S/C17H30N2O3/c1-11(2)15(20)19(12-5-7-17(3,4)8-6-12)13-9-14(16(21)22)18-10-13/h11-14,18H,5-10H2,1-4H3,(H,21,22)/t13-,14-/m0/s1. The summed E-state index contributed by atoms with van der Waals surface area (Å²) in [5, 5.41) is 12.2. The minimum absolute atomic E-state index is 0.0159. The maximum atomic E-state index is 12.7. The normalized spacial score (nSPS) is 28.8. The Morgan fingerprint density at radius 3 is 2.23 bits per heavy atom. The molecule has 22 heavy (non-hydrogen) atoms. The van der Waals surface area contributed by atoms with Gasteiger partial charge in [-0.2, -0.15) is 0 Å². The van der Waals surface area contributed by atoms with E-state index in [1.54, 1.807) is 0 Å². The predicted molar refractivity (Wildman–Crippen MR) is 85.6 cm³/mol. The van der Waals surface area contributed by atoms with E-state index < -0.39 is 12.0 Å². The van der Waals surface area contributed by atoms with Crippen LogP contribution in [0.4, 0.5) is 0 Å². The number of nitrogens with zero attached hydrogens (tertiary/aromatic N) is 1. The Bertz CT molecular complexity index is 424. The first-order chi connectivity index (χ1) is 10.2. The molecule has 5 heteroatoms. The Hall–Kier alpha value is -1.10. The van der Waals surface area contributed by atoms with Crippen molar-refractivity contribution < 1.29 is 14.7 Å². The van der Waals surface area contributed by atoms with Gasteiger partial charge in [0.15, 0.2) is 0 Å². The lowest BCUT2D eigenvalue weighted by Crippen LogP contribution is -2.51. The van der Waals surface area contributed by atoms with Crippen molar-refractivity contribution in [3.05, 3.63) is 0 Å². The summed E-state index contributed by atoms with van der Waals surface area (Å²) in [5.41, 5.74) is 0.362. The number of carbonyl (C=O) groups excluding carboxylic acids is 1. The Labute approximate surface area is 133 Å². The number of carboxylic acid groups (broad SMARTS) is 1. The molecule has 0 radical (unpaired) electrons. The SMILES string of the molecule is CC(C)C(=O)N(C1CCC(C)(C)CC1)[C@@H]1CN[C@H](C(=O)O)C1. The van der Waals surface area contributed by atoms with Gasteiger partial charge in [-0.3, -0.25) is 9.59 Å². The fraction of sp³-hybridized carbons (Fsp3) is 0.882. The first kappa shape index (κ1) is 17.3. The molecular formula is C17H30N2O3. The van der Waals surface area contributed by atoms with Gasteiger partial charge in [0.1, 0.15) is 6.04 Å². The van der Waals surface area contributed by atoms with Crippen molar-refractivity contribution in [2.45, 2.75) is 77.9 Å². The van der Waals surface area contributed by atoms with E-state index in [0.29, 0.717) is 18.4 Å². The quantitative estimate of drug-likeness (QED) is 0.835. The van der Waals surface area contributed by atoms with Gasteiger partial charge in [-0.1, -0.05) is 27.7 Å². The molecule has 2 atom stereocenters. The molecular weight excluding hydrogens is 280 g/mol. The average Bonchev–Trinajstić information content (AvgIpc) is 2.90. The van der Waals surface area contributed by atoms with Gasteiger partial charge in [-0.05, 0) is 37.5 Å². The summed E-state index contributed by atoms with van der Waals surface area (Å²) in [6.07, 6.45) is 4.83. The highest BCUT2D eigenvalue weighted by molar-refractivity contribution is 5.79. The Kier molecular flexibility index (Phi) is 5.15. The van der Waals surface area contributed by atoms with Crippen molar-refractivity contribution in [3.63, 3.8) is 0 Å². The van der Waals surface area contributed by atoms with Crippen LogP contribution in [0.3, 0.4) is 0 Å². The van der Waals surface area contributed by atoms with E-state index in [1.165, 1.54) is 0 Å². The third-order valence-electron chi connectivity index (χ3n) is 5.25. The molecule has 2 fully saturated rings. The molecule has 1 heterocycles.